The summed E-state index contributed by atoms with van der Waals surface area (Å²) in [5, 5.41) is 5.81. The van der Waals surface area contributed by atoms with E-state index in [1.54, 1.807) is 50.2 Å². The second kappa shape index (κ2) is 9.61. The van der Waals surface area contributed by atoms with Crippen molar-refractivity contribution in [3.05, 3.63) is 94.0 Å². The molecule has 174 valence electrons. The Bertz CT molecular complexity index is 1280. The Labute approximate surface area is 201 Å². The molecule has 0 spiro atoms. The summed E-state index contributed by atoms with van der Waals surface area (Å²) in [6, 6.07) is 14.6. The molecule has 1 aliphatic heterocycles. The minimum atomic E-state index is -1.02. The zero-order valence-electron chi connectivity index (χ0n) is 18.6. The van der Waals surface area contributed by atoms with Crippen molar-refractivity contribution in [2.75, 3.05) is 11.9 Å². The number of pyridine rings is 1. The van der Waals surface area contributed by atoms with E-state index in [2.05, 4.69) is 20.6 Å². The van der Waals surface area contributed by atoms with Gasteiger partial charge in [-0.25, -0.2) is 14.4 Å². The number of ether oxygens (including phenoxy) is 1. The summed E-state index contributed by atoms with van der Waals surface area (Å²) in [6.07, 6.45) is 1.77. The minimum Gasteiger partial charge on any atom is -0.465 e. The van der Waals surface area contributed by atoms with Crippen molar-refractivity contribution in [3.63, 3.8) is 0 Å². The fourth-order valence-electron chi connectivity index (χ4n) is 3.66. The number of rotatable bonds is 4. The first-order valence-electron chi connectivity index (χ1n) is 10.6. The highest BCUT2D eigenvalue weighted by Crippen LogP contribution is 2.35. The molecule has 2 aromatic carbocycles. The van der Waals surface area contributed by atoms with Crippen molar-refractivity contribution in [2.24, 2.45) is 4.99 Å². The number of hydrogen-bond donors (Lipinski definition) is 2. The van der Waals surface area contributed by atoms with Crippen molar-refractivity contribution < 1.29 is 18.7 Å². The van der Waals surface area contributed by atoms with Crippen LogP contribution in [0.1, 0.15) is 45.3 Å². The maximum absolute atomic E-state index is 14.9. The number of aliphatic imine (C=N–C) groups is 1. The molecule has 2 N–H and O–H groups in total. The van der Waals surface area contributed by atoms with Gasteiger partial charge in [-0.2, -0.15) is 0 Å². The molecule has 1 aliphatic rings. The highest BCUT2D eigenvalue weighted by atomic mass is 35.5. The molecule has 4 rings (SSSR count). The van der Waals surface area contributed by atoms with Gasteiger partial charge in [0.15, 0.2) is 0 Å². The van der Waals surface area contributed by atoms with Gasteiger partial charge in [0.25, 0.3) is 17.8 Å². The first-order valence-corrected chi connectivity index (χ1v) is 11.0. The van der Waals surface area contributed by atoms with Crippen LogP contribution in [-0.2, 0) is 10.3 Å². The number of benzene rings is 2. The predicted molar refractivity (Wildman–Crippen MR) is 128 cm³/mol. The Morgan fingerprint density at radius 1 is 1.09 bits per heavy atom. The summed E-state index contributed by atoms with van der Waals surface area (Å²) < 4.78 is 20.4. The Morgan fingerprint density at radius 3 is 2.59 bits per heavy atom. The van der Waals surface area contributed by atoms with Crippen molar-refractivity contribution >= 4 is 35.1 Å². The first kappa shape index (κ1) is 23.4. The van der Waals surface area contributed by atoms with Crippen LogP contribution in [0.3, 0.4) is 0 Å². The normalized spacial score (nSPS) is 17.4. The van der Waals surface area contributed by atoms with Crippen molar-refractivity contribution in [1.82, 2.24) is 10.3 Å². The number of anilines is 1. The number of nitrogens with one attached hydrogen (secondary N) is 2. The largest absolute Gasteiger partial charge is 0.465 e. The van der Waals surface area contributed by atoms with Crippen LogP contribution in [0.5, 0.6) is 0 Å². The second-order valence-corrected chi connectivity index (χ2v) is 8.51. The molecule has 9 heteroatoms. The van der Waals surface area contributed by atoms with Crippen LogP contribution in [0.2, 0.25) is 5.02 Å². The number of amidine groups is 1. The van der Waals surface area contributed by atoms with Gasteiger partial charge in [-0.15, -0.1) is 0 Å². The third-order valence-corrected chi connectivity index (χ3v) is 5.70. The quantitative estimate of drug-likeness (QED) is 0.558. The van der Waals surface area contributed by atoms with E-state index < -0.39 is 17.3 Å². The zero-order chi connectivity index (χ0) is 24.3. The molecule has 0 aliphatic carbocycles. The van der Waals surface area contributed by atoms with Crippen LogP contribution in [0, 0.1) is 12.7 Å². The fourth-order valence-corrected chi connectivity index (χ4v) is 3.87. The van der Waals surface area contributed by atoms with Crippen LogP contribution in [-0.4, -0.2) is 29.4 Å². The number of aromatic nitrogens is 1. The van der Waals surface area contributed by atoms with E-state index in [1.807, 2.05) is 0 Å². The SMILES string of the molecule is Cc1cc(Cl)cnc1C(=O)Nc1ccc(F)c([C@]2(C)CCOC(NC(=O)c3ccccc3)=N2)c1. The number of carbonyl (C=O) groups is 2. The lowest BCUT2D eigenvalue weighted by Crippen LogP contribution is -2.40. The molecule has 2 amide bonds. The molecule has 34 heavy (non-hydrogen) atoms. The maximum Gasteiger partial charge on any atom is 0.292 e. The number of carbonyl (C=O) groups excluding carboxylic acids is 2. The van der Waals surface area contributed by atoms with Crippen molar-refractivity contribution in [2.45, 2.75) is 25.8 Å². The van der Waals surface area contributed by atoms with Gasteiger partial charge in [0, 0.05) is 29.4 Å². The van der Waals surface area contributed by atoms with Crippen molar-refractivity contribution in [3.8, 4) is 0 Å². The van der Waals surface area contributed by atoms with Gasteiger partial charge in [0.1, 0.15) is 11.5 Å². The zero-order valence-corrected chi connectivity index (χ0v) is 19.3. The van der Waals surface area contributed by atoms with E-state index in [4.69, 9.17) is 16.3 Å². The smallest absolute Gasteiger partial charge is 0.292 e. The second-order valence-electron chi connectivity index (χ2n) is 8.08. The highest BCUT2D eigenvalue weighted by molar-refractivity contribution is 6.30. The Hall–Kier alpha value is -3.78. The molecule has 3 aromatic rings. The van der Waals surface area contributed by atoms with E-state index in [0.29, 0.717) is 28.3 Å². The summed E-state index contributed by atoms with van der Waals surface area (Å²) in [5.74, 6) is -1.31. The lowest BCUT2D eigenvalue weighted by atomic mass is 9.88. The van der Waals surface area contributed by atoms with Gasteiger partial charge in [-0.1, -0.05) is 29.8 Å². The minimum absolute atomic E-state index is 0.0115. The van der Waals surface area contributed by atoms with Gasteiger partial charge in [0.05, 0.1) is 17.2 Å². The summed E-state index contributed by atoms with van der Waals surface area (Å²) in [6.45, 7) is 3.71. The number of hydrogen-bond acceptors (Lipinski definition) is 5. The van der Waals surface area contributed by atoms with E-state index in [1.165, 1.54) is 24.4 Å². The lowest BCUT2D eigenvalue weighted by molar-refractivity contribution is 0.0957. The topological polar surface area (TPSA) is 92.7 Å². The molecule has 1 atom stereocenters. The Kier molecular flexibility index (Phi) is 6.61. The first-order chi connectivity index (χ1) is 16.2. The number of halogens is 2. The molecule has 7 nitrogen and oxygen atoms in total. The highest BCUT2D eigenvalue weighted by Gasteiger charge is 2.34. The van der Waals surface area contributed by atoms with E-state index in [-0.39, 0.29) is 29.8 Å². The number of aryl methyl sites for hydroxylation is 1. The molecule has 0 radical (unpaired) electrons. The van der Waals surface area contributed by atoms with Gasteiger partial charge >= 0.3 is 0 Å². The van der Waals surface area contributed by atoms with Crippen LogP contribution < -0.4 is 10.6 Å². The number of nitrogens with zero attached hydrogens (tertiary/aromatic N) is 2. The molecule has 0 fully saturated rings. The molecular weight excluding hydrogens is 459 g/mol. The summed E-state index contributed by atoms with van der Waals surface area (Å²) in [5.41, 5.74) is 0.916. The Balaban J connectivity index is 1.58. The molecule has 0 bridgehead atoms. The summed E-state index contributed by atoms with van der Waals surface area (Å²) in [7, 11) is 0. The molecule has 0 saturated heterocycles. The fraction of sp³-hybridized carbons (Fsp3) is 0.200. The van der Waals surface area contributed by atoms with Crippen LogP contribution in [0.4, 0.5) is 10.1 Å². The summed E-state index contributed by atoms with van der Waals surface area (Å²) >= 11 is 5.91. The maximum atomic E-state index is 14.9. The van der Waals surface area contributed by atoms with Gasteiger partial charge < -0.3 is 10.1 Å². The lowest BCUT2D eigenvalue weighted by Gasteiger charge is -2.31. The van der Waals surface area contributed by atoms with E-state index >= 15 is 0 Å². The average Bonchev–Trinajstić information content (AvgIpc) is 2.80. The van der Waals surface area contributed by atoms with Gasteiger partial charge in [-0.05, 0) is 55.8 Å². The molecule has 0 saturated carbocycles. The summed E-state index contributed by atoms with van der Waals surface area (Å²) in [4.78, 5) is 33.8. The standard InChI is InChI=1S/C25H22ClFN4O3/c1-15-12-17(26)14-28-21(15)23(33)29-18-8-9-20(27)19(13-18)25(2)10-11-34-24(31-25)30-22(32)16-6-4-3-5-7-16/h3-9,12-14H,10-11H2,1-2H3,(H,29,33)(H,30,31,32)/t25-/m0/s1. The van der Waals surface area contributed by atoms with Gasteiger partial charge in [0.2, 0.25) is 0 Å². The van der Waals surface area contributed by atoms with E-state index in [0.717, 1.165) is 0 Å². The average molecular weight is 481 g/mol. The number of amides is 2. The third-order valence-electron chi connectivity index (χ3n) is 5.50. The van der Waals surface area contributed by atoms with Crippen LogP contribution in [0.15, 0.2) is 65.8 Å². The monoisotopic (exact) mass is 480 g/mol. The van der Waals surface area contributed by atoms with Gasteiger partial charge in [-0.3, -0.25) is 14.9 Å². The third kappa shape index (κ3) is 5.07. The Morgan fingerprint density at radius 2 is 1.85 bits per heavy atom. The molecular formula is C25H22ClFN4O3. The van der Waals surface area contributed by atoms with E-state index in [9.17, 15) is 14.0 Å². The predicted octanol–water partition coefficient (Wildman–Crippen LogP) is 4.86. The molecule has 1 aromatic heterocycles. The molecule has 2 heterocycles. The van der Waals surface area contributed by atoms with Crippen LogP contribution in [0.25, 0.3) is 0 Å². The van der Waals surface area contributed by atoms with Crippen LogP contribution >= 0.6 is 11.6 Å². The molecule has 0 unspecified atom stereocenters. The van der Waals surface area contributed by atoms with Crippen molar-refractivity contribution in [1.29, 1.82) is 0 Å².